The van der Waals surface area contributed by atoms with Gasteiger partial charge in [0.1, 0.15) is 0 Å². The van der Waals surface area contributed by atoms with Crippen LogP contribution in [0.4, 0.5) is 13.2 Å². The average molecular weight is 234 g/mol. The molecule has 1 aromatic rings. The molecule has 0 aromatic heterocycles. The maximum atomic E-state index is 12.3. The molecule has 6 heteroatoms. The van der Waals surface area contributed by atoms with Crippen molar-refractivity contribution in [2.24, 2.45) is 0 Å². The molecule has 0 aliphatic rings. The normalized spacial score (nSPS) is 13.6. The molecule has 0 fully saturated rings. The Morgan fingerprint density at radius 3 is 2.31 bits per heavy atom. The first-order chi connectivity index (χ1) is 7.23. The molecule has 2 N–H and O–H groups in total. The Bertz CT molecular complexity index is 412. The molecule has 0 spiro atoms. The van der Waals surface area contributed by atoms with E-state index in [2.05, 4.69) is 0 Å². The van der Waals surface area contributed by atoms with Gasteiger partial charge < -0.3 is 10.2 Å². The number of aliphatic hydroxyl groups excluding tert-OH is 1. The number of alkyl halides is 3. The van der Waals surface area contributed by atoms with Gasteiger partial charge in [0.25, 0.3) is 0 Å². The van der Waals surface area contributed by atoms with Gasteiger partial charge >= 0.3 is 12.1 Å². The Hall–Kier alpha value is -1.56. The number of aliphatic hydroxyl groups is 1. The molecule has 0 amide bonds. The van der Waals surface area contributed by atoms with Crippen LogP contribution in [-0.2, 0) is 11.0 Å². The zero-order valence-corrected chi connectivity index (χ0v) is 8.25. The van der Waals surface area contributed by atoms with Crippen LogP contribution in [-0.4, -0.2) is 16.2 Å². The number of hydrogen-bond acceptors (Lipinski definition) is 2. The van der Waals surface area contributed by atoms with Crippen molar-refractivity contribution in [3.05, 3.63) is 34.9 Å². The molecule has 0 heterocycles. The van der Waals surface area contributed by atoms with E-state index < -0.39 is 23.8 Å². The molecule has 1 atom stereocenters. The van der Waals surface area contributed by atoms with Crippen molar-refractivity contribution in [3.8, 4) is 0 Å². The average Bonchev–Trinajstić information content (AvgIpc) is 2.15. The van der Waals surface area contributed by atoms with E-state index in [9.17, 15) is 23.1 Å². The summed E-state index contributed by atoms with van der Waals surface area (Å²) in [5.41, 5.74) is -0.823. The highest BCUT2D eigenvalue weighted by Gasteiger charge is 2.31. The van der Waals surface area contributed by atoms with Gasteiger partial charge in [0, 0.05) is 0 Å². The first-order valence-corrected chi connectivity index (χ1v) is 4.32. The molecule has 0 radical (unpaired) electrons. The van der Waals surface area contributed by atoms with Crippen LogP contribution in [0.3, 0.4) is 0 Å². The van der Waals surface area contributed by atoms with Crippen molar-refractivity contribution < 1.29 is 28.2 Å². The van der Waals surface area contributed by atoms with Gasteiger partial charge in [-0.1, -0.05) is 6.07 Å². The number of rotatable bonds is 2. The van der Waals surface area contributed by atoms with Crippen molar-refractivity contribution in [1.82, 2.24) is 0 Å². The first-order valence-electron chi connectivity index (χ1n) is 4.32. The molecule has 88 valence electrons. The topological polar surface area (TPSA) is 57.5 Å². The van der Waals surface area contributed by atoms with Crippen molar-refractivity contribution in [2.45, 2.75) is 19.2 Å². The van der Waals surface area contributed by atoms with E-state index >= 15 is 0 Å². The summed E-state index contributed by atoms with van der Waals surface area (Å²) in [5, 5.41) is 17.7. The van der Waals surface area contributed by atoms with Crippen LogP contribution in [0.2, 0.25) is 0 Å². The number of benzene rings is 1. The quantitative estimate of drug-likeness (QED) is 0.824. The molecule has 1 rings (SSSR count). The lowest BCUT2D eigenvalue weighted by Crippen LogP contribution is -2.13. The zero-order chi connectivity index (χ0) is 12.5. The second-order valence-electron chi connectivity index (χ2n) is 3.31. The minimum Gasteiger partial charge on any atom is -0.479 e. The van der Waals surface area contributed by atoms with Crippen molar-refractivity contribution in [3.63, 3.8) is 0 Å². The standard InChI is InChI=1S/C10H9F3O3/c1-5-4-6(10(11,12)13)2-3-7(5)8(14)9(15)16/h2-4,8,14H,1H3,(H,15,16). The molecule has 0 aliphatic heterocycles. The van der Waals surface area contributed by atoms with Crippen LogP contribution in [0.5, 0.6) is 0 Å². The van der Waals surface area contributed by atoms with E-state index in [1.807, 2.05) is 0 Å². The number of hydrogen-bond donors (Lipinski definition) is 2. The summed E-state index contributed by atoms with van der Waals surface area (Å²) in [6.45, 7) is 1.32. The van der Waals surface area contributed by atoms with E-state index in [1.165, 1.54) is 6.92 Å². The minimum atomic E-state index is -4.47. The fraction of sp³-hybridized carbons (Fsp3) is 0.300. The lowest BCUT2D eigenvalue weighted by Gasteiger charge is -2.12. The van der Waals surface area contributed by atoms with E-state index in [4.69, 9.17) is 5.11 Å². The first kappa shape index (κ1) is 12.5. The molecular formula is C10H9F3O3. The summed E-state index contributed by atoms with van der Waals surface area (Å²) in [6.07, 6.45) is -6.28. The Morgan fingerprint density at radius 2 is 1.94 bits per heavy atom. The number of aliphatic carboxylic acids is 1. The van der Waals surface area contributed by atoms with Crippen LogP contribution in [0.1, 0.15) is 22.8 Å². The second-order valence-corrected chi connectivity index (χ2v) is 3.31. The van der Waals surface area contributed by atoms with E-state index in [0.29, 0.717) is 0 Å². The third kappa shape index (κ3) is 2.52. The molecule has 1 unspecified atom stereocenters. The van der Waals surface area contributed by atoms with Crippen LogP contribution in [0.25, 0.3) is 0 Å². The maximum absolute atomic E-state index is 12.3. The maximum Gasteiger partial charge on any atom is 0.416 e. The molecule has 0 saturated heterocycles. The lowest BCUT2D eigenvalue weighted by molar-refractivity contribution is -0.147. The highest BCUT2D eigenvalue weighted by Crippen LogP contribution is 2.31. The number of carbonyl (C=O) groups is 1. The molecule has 3 nitrogen and oxygen atoms in total. The summed E-state index contributed by atoms with van der Waals surface area (Å²) < 4.78 is 36.8. The number of carboxylic acid groups (broad SMARTS) is 1. The van der Waals surface area contributed by atoms with Gasteiger partial charge in [-0.25, -0.2) is 4.79 Å². The van der Waals surface area contributed by atoms with Crippen molar-refractivity contribution in [2.75, 3.05) is 0 Å². The minimum absolute atomic E-state index is 0.0412. The van der Waals surface area contributed by atoms with Crippen LogP contribution < -0.4 is 0 Å². The Kier molecular flexibility index (Phi) is 3.23. The Labute approximate surface area is 89.1 Å². The summed E-state index contributed by atoms with van der Waals surface area (Å²) in [7, 11) is 0. The molecular weight excluding hydrogens is 225 g/mol. The number of carboxylic acids is 1. The number of aryl methyl sites for hydroxylation is 1. The second kappa shape index (κ2) is 4.13. The van der Waals surface area contributed by atoms with E-state index in [-0.39, 0.29) is 11.1 Å². The molecule has 0 bridgehead atoms. The molecule has 16 heavy (non-hydrogen) atoms. The third-order valence-corrected chi connectivity index (χ3v) is 2.13. The SMILES string of the molecule is Cc1cc(C(F)(F)F)ccc1C(O)C(=O)O. The van der Waals surface area contributed by atoms with Crippen LogP contribution in [0, 0.1) is 6.92 Å². The van der Waals surface area contributed by atoms with Gasteiger partial charge in [-0.15, -0.1) is 0 Å². The largest absolute Gasteiger partial charge is 0.479 e. The lowest BCUT2D eigenvalue weighted by atomic mass is 10.0. The Balaban J connectivity index is 3.15. The summed E-state index contributed by atoms with van der Waals surface area (Å²) in [4.78, 5) is 10.5. The van der Waals surface area contributed by atoms with Crippen LogP contribution >= 0.6 is 0 Å². The predicted molar refractivity (Wildman–Crippen MR) is 48.8 cm³/mol. The highest BCUT2D eigenvalue weighted by molar-refractivity contribution is 5.74. The van der Waals surface area contributed by atoms with Gasteiger partial charge in [-0.3, -0.25) is 0 Å². The monoisotopic (exact) mass is 234 g/mol. The van der Waals surface area contributed by atoms with Gasteiger partial charge in [-0.05, 0) is 30.2 Å². The third-order valence-electron chi connectivity index (χ3n) is 2.13. The van der Waals surface area contributed by atoms with E-state index in [0.717, 1.165) is 18.2 Å². The smallest absolute Gasteiger partial charge is 0.416 e. The summed E-state index contributed by atoms with van der Waals surface area (Å²) in [5.74, 6) is -1.50. The molecule has 0 saturated carbocycles. The van der Waals surface area contributed by atoms with Gasteiger partial charge in [0.2, 0.25) is 0 Å². The van der Waals surface area contributed by atoms with Gasteiger partial charge in [0.15, 0.2) is 6.10 Å². The zero-order valence-electron chi connectivity index (χ0n) is 8.25. The van der Waals surface area contributed by atoms with Gasteiger partial charge in [-0.2, -0.15) is 13.2 Å². The fourth-order valence-corrected chi connectivity index (χ4v) is 1.29. The molecule has 0 aliphatic carbocycles. The highest BCUT2D eigenvalue weighted by atomic mass is 19.4. The Morgan fingerprint density at radius 1 is 1.38 bits per heavy atom. The predicted octanol–water partition coefficient (Wildman–Crippen LogP) is 2.13. The van der Waals surface area contributed by atoms with Crippen LogP contribution in [0.15, 0.2) is 18.2 Å². The van der Waals surface area contributed by atoms with E-state index in [1.54, 1.807) is 0 Å². The van der Waals surface area contributed by atoms with Crippen molar-refractivity contribution in [1.29, 1.82) is 0 Å². The van der Waals surface area contributed by atoms with Crippen molar-refractivity contribution >= 4 is 5.97 Å². The van der Waals surface area contributed by atoms with Gasteiger partial charge in [0.05, 0.1) is 5.56 Å². The summed E-state index contributed by atoms with van der Waals surface area (Å²) >= 11 is 0. The number of halogens is 3. The fourth-order valence-electron chi connectivity index (χ4n) is 1.29. The summed E-state index contributed by atoms with van der Waals surface area (Å²) in [6, 6.07) is 2.52. The molecule has 1 aromatic carbocycles.